The molecule has 0 saturated carbocycles. The largest absolute Gasteiger partial charge is 0.418 e. The van der Waals surface area contributed by atoms with Crippen molar-refractivity contribution in [3.8, 4) is 11.3 Å². The van der Waals surface area contributed by atoms with E-state index in [9.17, 15) is 18.0 Å². The number of carbonyl (C=O) groups excluding carboxylic acids is 1. The number of aromatic amines is 1. The molecule has 1 aromatic carbocycles. The number of alkyl halides is 3. The minimum absolute atomic E-state index is 0.0835. The van der Waals surface area contributed by atoms with Crippen molar-refractivity contribution in [1.82, 2.24) is 15.2 Å². The van der Waals surface area contributed by atoms with Gasteiger partial charge in [0, 0.05) is 23.6 Å². The van der Waals surface area contributed by atoms with E-state index in [-0.39, 0.29) is 17.7 Å². The van der Waals surface area contributed by atoms with E-state index in [1.807, 2.05) is 0 Å². The summed E-state index contributed by atoms with van der Waals surface area (Å²) in [5.74, 6) is 0. The molecule has 0 unspecified atom stereocenters. The van der Waals surface area contributed by atoms with Gasteiger partial charge < -0.3 is 4.79 Å². The second-order valence-corrected chi connectivity index (χ2v) is 4.73. The lowest BCUT2D eigenvalue weighted by molar-refractivity contribution is -0.137. The number of fused-ring (bicyclic) bond motifs is 1. The smallest absolute Gasteiger partial charge is 0.303 e. The van der Waals surface area contributed by atoms with Crippen molar-refractivity contribution in [1.29, 1.82) is 0 Å². The lowest BCUT2D eigenvalue weighted by atomic mass is 9.98. The Morgan fingerprint density at radius 2 is 2.05 bits per heavy atom. The molecule has 4 nitrogen and oxygen atoms in total. The minimum atomic E-state index is -4.59. The first-order valence-corrected chi connectivity index (χ1v) is 6.43. The number of rotatable bonds is 3. The molecule has 0 radical (unpaired) electrons. The van der Waals surface area contributed by atoms with E-state index in [0.29, 0.717) is 17.2 Å². The molecule has 0 amide bonds. The zero-order valence-electron chi connectivity index (χ0n) is 11.2. The number of hydrogen-bond donors (Lipinski definition) is 1. The van der Waals surface area contributed by atoms with Crippen molar-refractivity contribution >= 4 is 17.2 Å². The van der Waals surface area contributed by atoms with Gasteiger partial charge in [-0.05, 0) is 23.8 Å². The summed E-state index contributed by atoms with van der Waals surface area (Å²) in [5, 5.41) is 7.26. The van der Waals surface area contributed by atoms with Crippen molar-refractivity contribution in [3.05, 3.63) is 47.8 Å². The topological polar surface area (TPSA) is 58.6 Å². The molecule has 3 rings (SSSR count). The highest BCUT2D eigenvalue weighted by atomic mass is 19.4. The number of benzene rings is 1. The number of halogens is 3. The van der Waals surface area contributed by atoms with E-state index >= 15 is 0 Å². The maximum atomic E-state index is 13.4. The number of pyridine rings is 1. The first-order chi connectivity index (χ1) is 10.5. The van der Waals surface area contributed by atoms with Crippen molar-refractivity contribution in [2.24, 2.45) is 0 Å². The van der Waals surface area contributed by atoms with Crippen LogP contribution >= 0.6 is 0 Å². The summed E-state index contributed by atoms with van der Waals surface area (Å²) in [6.45, 7) is 0. The second-order valence-electron chi connectivity index (χ2n) is 4.73. The van der Waals surface area contributed by atoms with Gasteiger partial charge in [0.05, 0.1) is 23.0 Å². The Morgan fingerprint density at radius 3 is 2.77 bits per heavy atom. The first-order valence-electron chi connectivity index (χ1n) is 6.43. The molecular weight excluding hydrogens is 295 g/mol. The van der Waals surface area contributed by atoms with Gasteiger partial charge in [0.15, 0.2) is 0 Å². The standard InChI is InChI=1S/C15H10F3N3O/c16-15(17,18)13-9(4-6-22)3-5-19-14(13)10-1-2-12-11(7-10)8-20-21-12/h1-3,5-8H,4H2,(H,20,21). The molecule has 1 N–H and O–H groups in total. The molecule has 0 aliphatic rings. The highest BCUT2D eigenvalue weighted by molar-refractivity contribution is 5.84. The molecule has 0 aliphatic heterocycles. The van der Waals surface area contributed by atoms with E-state index in [1.165, 1.54) is 18.5 Å². The molecule has 0 fully saturated rings. The van der Waals surface area contributed by atoms with Gasteiger partial charge >= 0.3 is 6.18 Å². The molecule has 0 atom stereocenters. The van der Waals surface area contributed by atoms with E-state index in [1.54, 1.807) is 18.2 Å². The lowest BCUT2D eigenvalue weighted by Gasteiger charge is -2.15. The van der Waals surface area contributed by atoms with Crippen LogP contribution in [0.15, 0.2) is 36.7 Å². The highest BCUT2D eigenvalue weighted by Gasteiger charge is 2.37. The fraction of sp³-hybridized carbons (Fsp3) is 0.133. The Labute approximate surface area is 123 Å². The third kappa shape index (κ3) is 2.45. The summed E-state index contributed by atoms with van der Waals surface area (Å²) in [7, 11) is 0. The molecule has 2 heterocycles. The molecule has 2 aromatic heterocycles. The summed E-state index contributed by atoms with van der Waals surface area (Å²) in [6.07, 6.45) is -1.64. The van der Waals surface area contributed by atoms with Crippen LogP contribution in [0.3, 0.4) is 0 Å². The molecule has 0 saturated heterocycles. The Morgan fingerprint density at radius 1 is 1.23 bits per heavy atom. The number of aromatic nitrogens is 3. The summed E-state index contributed by atoms with van der Waals surface area (Å²) in [6, 6.07) is 5.99. The van der Waals surface area contributed by atoms with Crippen LogP contribution in [-0.2, 0) is 17.4 Å². The Balaban J connectivity index is 2.24. The monoisotopic (exact) mass is 305 g/mol. The molecular formula is C15H10F3N3O. The summed E-state index contributed by atoms with van der Waals surface area (Å²) in [5.41, 5.74) is -0.0879. The van der Waals surface area contributed by atoms with Gasteiger partial charge in [-0.25, -0.2) is 0 Å². The zero-order chi connectivity index (χ0) is 15.7. The minimum Gasteiger partial charge on any atom is -0.303 e. The fourth-order valence-corrected chi connectivity index (χ4v) is 2.39. The van der Waals surface area contributed by atoms with Gasteiger partial charge in [-0.1, -0.05) is 6.07 Å². The van der Waals surface area contributed by atoms with E-state index < -0.39 is 11.7 Å². The van der Waals surface area contributed by atoms with Crippen molar-refractivity contribution in [2.45, 2.75) is 12.6 Å². The maximum absolute atomic E-state index is 13.4. The van der Waals surface area contributed by atoms with Crippen molar-refractivity contribution in [2.75, 3.05) is 0 Å². The fourth-order valence-electron chi connectivity index (χ4n) is 2.39. The normalized spacial score (nSPS) is 11.8. The molecule has 22 heavy (non-hydrogen) atoms. The molecule has 0 spiro atoms. The van der Waals surface area contributed by atoms with E-state index in [4.69, 9.17) is 0 Å². The number of hydrogen-bond acceptors (Lipinski definition) is 3. The lowest BCUT2D eigenvalue weighted by Crippen LogP contribution is -2.13. The predicted molar refractivity (Wildman–Crippen MR) is 74.1 cm³/mol. The van der Waals surface area contributed by atoms with Gasteiger partial charge in [-0.2, -0.15) is 18.3 Å². The number of aldehydes is 1. The number of H-pyrrole nitrogens is 1. The third-order valence-corrected chi connectivity index (χ3v) is 3.34. The predicted octanol–water partition coefficient (Wildman–Crippen LogP) is 3.39. The van der Waals surface area contributed by atoms with Gasteiger partial charge in [-0.3, -0.25) is 10.1 Å². The van der Waals surface area contributed by atoms with Gasteiger partial charge in [0.2, 0.25) is 0 Å². The van der Waals surface area contributed by atoms with Crippen LogP contribution in [0.2, 0.25) is 0 Å². The van der Waals surface area contributed by atoms with Crippen molar-refractivity contribution in [3.63, 3.8) is 0 Å². The number of nitrogens with one attached hydrogen (secondary N) is 1. The van der Waals surface area contributed by atoms with Gasteiger partial charge in [0.25, 0.3) is 0 Å². The summed E-state index contributed by atoms with van der Waals surface area (Å²) >= 11 is 0. The van der Waals surface area contributed by atoms with Crippen LogP contribution in [0.5, 0.6) is 0 Å². The van der Waals surface area contributed by atoms with Gasteiger partial charge in [-0.15, -0.1) is 0 Å². The maximum Gasteiger partial charge on any atom is 0.418 e. The quantitative estimate of drug-likeness (QED) is 0.755. The van der Waals surface area contributed by atoms with Crippen LogP contribution in [-0.4, -0.2) is 21.5 Å². The average Bonchev–Trinajstić information content (AvgIpc) is 2.93. The first kappa shape index (κ1) is 14.2. The van der Waals surface area contributed by atoms with E-state index in [0.717, 1.165) is 5.52 Å². The molecule has 3 aromatic rings. The highest BCUT2D eigenvalue weighted by Crippen LogP contribution is 2.38. The molecule has 112 valence electrons. The third-order valence-electron chi connectivity index (χ3n) is 3.34. The zero-order valence-corrected chi connectivity index (χ0v) is 11.2. The average molecular weight is 305 g/mol. The molecule has 7 heteroatoms. The molecule has 0 aliphatic carbocycles. The Bertz CT molecular complexity index is 839. The number of carbonyl (C=O) groups is 1. The van der Waals surface area contributed by atoms with Crippen molar-refractivity contribution < 1.29 is 18.0 Å². The SMILES string of the molecule is O=CCc1ccnc(-c2ccc3[nH]ncc3c2)c1C(F)(F)F. The van der Waals surface area contributed by atoms with Crippen LogP contribution in [0.25, 0.3) is 22.2 Å². The summed E-state index contributed by atoms with van der Waals surface area (Å²) in [4.78, 5) is 14.5. The Kier molecular flexibility index (Phi) is 3.40. The van der Waals surface area contributed by atoms with E-state index in [2.05, 4.69) is 15.2 Å². The van der Waals surface area contributed by atoms with Crippen LogP contribution in [0.4, 0.5) is 13.2 Å². The number of nitrogens with zero attached hydrogens (tertiary/aromatic N) is 2. The molecule has 0 bridgehead atoms. The van der Waals surface area contributed by atoms with Crippen LogP contribution in [0.1, 0.15) is 11.1 Å². The van der Waals surface area contributed by atoms with Crippen LogP contribution < -0.4 is 0 Å². The second kappa shape index (κ2) is 5.25. The van der Waals surface area contributed by atoms with Gasteiger partial charge in [0.1, 0.15) is 6.29 Å². The van der Waals surface area contributed by atoms with Crippen LogP contribution in [0, 0.1) is 0 Å². The Hall–Kier alpha value is -2.70. The summed E-state index contributed by atoms with van der Waals surface area (Å²) < 4.78 is 40.2.